The van der Waals surface area contributed by atoms with Crippen molar-refractivity contribution in [3.8, 4) is 0 Å². The Hall–Kier alpha value is -0.570. The van der Waals surface area contributed by atoms with E-state index in [9.17, 15) is 4.79 Å². The van der Waals surface area contributed by atoms with Crippen LogP contribution in [0.5, 0.6) is 0 Å². The van der Waals surface area contributed by atoms with Crippen LogP contribution in [-0.4, -0.2) is 16.6 Å². The first kappa shape index (κ1) is 20.7. The zero-order valence-corrected chi connectivity index (χ0v) is 14.0. The molecule has 0 saturated carbocycles. The lowest BCUT2D eigenvalue weighted by Gasteiger charge is -2.27. The topological polar surface area (TPSA) is 63.3 Å². The van der Waals surface area contributed by atoms with Crippen LogP contribution in [0.3, 0.4) is 0 Å². The maximum absolute atomic E-state index is 10.0. The van der Waals surface area contributed by atoms with Crippen molar-refractivity contribution in [1.82, 2.24) is 0 Å². The van der Waals surface area contributed by atoms with E-state index in [1.807, 2.05) is 0 Å². The minimum atomic E-state index is -0.757. The number of carboxylic acid groups (broad SMARTS) is 1. The Bertz CT molecular complexity index is 236. The number of hydrogen-bond donors (Lipinski definition) is 2. The third-order valence-electron chi connectivity index (χ3n) is 3.40. The first-order valence-electron chi connectivity index (χ1n) is 7.45. The van der Waals surface area contributed by atoms with Gasteiger partial charge in [0.1, 0.15) is 0 Å². The molecule has 0 radical (unpaired) electrons. The van der Waals surface area contributed by atoms with Gasteiger partial charge in [0, 0.05) is 5.54 Å². The van der Waals surface area contributed by atoms with Gasteiger partial charge in [-0.05, 0) is 47.0 Å². The van der Waals surface area contributed by atoms with Gasteiger partial charge in [-0.15, -0.1) is 0 Å². The fraction of sp³-hybridized carbons (Fsp3) is 0.938. The second kappa shape index (κ2) is 9.35. The molecule has 0 aliphatic rings. The maximum Gasteiger partial charge on any atom is 0.308 e. The Balaban J connectivity index is 0. The Morgan fingerprint density at radius 2 is 1.53 bits per heavy atom. The lowest BCUT2D eigenvalue weighted by Crippen LogP contribution is -2.39. The van der Waals surface area contributed by atoms with E-state index in [4.69, 9.17) is 10.8 Å². The van der Waals surface area contributed by atoms with Crippen LogP contribution in [0.4, 0.5) is 0 Å². The van der Waals surface area contributed by atoms with Crippen LogP contribution < -0.4 is 5.73 Å². The van der Waals surface area contributed by atoms with Crippen molar-refractivity contribution in [1.29, 1.82) is 0 Å². The number of carbonyl (C=O) groups is 1. The summed E-state index contributed by atoms with van der Waals surface area (Å²) >= 11 is 0. The molecule has 0 rings (SSSR count). The Morgan fingerprint density at radius 3 is 1.79 bits per heavy atom. The van der Waals surface area contributed by atoms with Gasteiger partial charge in [0.2, 0.25) is 0 Å². The second-order valence-corrected chi connectivity index (χ2v) is 7.13. The van der Waals surface area contributed by atoms with E-state index in [2.05, 4.69) is 27.7 Å². The molecular weight excluding hydrogens is 238 g/mol. The number of aliphatic carboxylic acids is 1. The molecule has 116 valence electrons. The number of rotatable bonds is 6. The molecule has 0 heterocycles. The fourth-order valence-corrected chi connectivity index (χ4v) is 1.25. The van der Waals surface area contributed by atoms with Crippen molar-refractivity contribution in [2.45, 2.75) is 86.1 Å². The Morgan fingerprint density at radius 1 is 1.11 bits per heavy atom. The molecule has 0 amide bonds. The summed E-state index contributed by atoms with van der Waals surface area (Å²) in [5, 5.41) is 8.25. The molecule has 0 aromatic heterocycles. The molecule has 0 fully saturated rings. The van der Waals surface area contributed by atoms with Gasteiger partial charge in [-0.25, -0.2) is 0 Å². The van der Waals surface area contributed by atoms with Gasteiger partial charge in [0.05, 0.1) is 5.41 Å². The number of carboxylic acids is 1. The smallest absolute Gasteiger partial charge is 0.308 e. The van der Waals surface area contributed by atoms with Crippen molar-refractivity contribution in [3.63, 3.8) is 0 Å². The first-order chi connectivity index (χ1) is 8.42. The Labute approximate surface area is 120 Å². The van der Waals surface area contributed by atoms with E-state index < -0.39 is 11.4 Å². The minimum absolute atomic E-state index is 0.00617. The third kappa shape index (κ3) is 13.7. The molecule has 3 nitrogen and oxygen atoms in total. The third-order valence-corrected chi connectivity index (χ3v) is 3.40. The van der Waals surface area contributed by atoms with Crippen LogP contribution in [0.25, 0.3) is 0 Å². The molecule has 0 bridgehead atoms. The molecule has 1 atom stereocenters. The molecule has 0 aliphatic heterocycles. The van der Waals surface area contributed by atoms with E-state index >= 15 is 0 Å². The summed E-state index contributed by atoms with van der Waals surface area (Å²) in [6.45, 7) is 13.7. The SMILES string of the molecule is CC(C)(C)C(=O)O.CCCCCCC(C)C(C)(C)N. The normalized spacial score (nSPS) is 13.5. The largest absolute Gasteiger partial charge is 0.481 e. The predicted octanol–water partition coefficient (Wildman–Crippen LogP) is 4.45. The molecule has 19 heavy (non-hydrogen) atoms. The average molecular weight is 273 g/mol. The fourth-order valence-electron chi connectivity index (χ4n) is 1.25. The molecule has 3 N–H and O–H groups in total. The van der Waals surface area contributed by atoms with Crippen molar-refractivity contribution in [2.75, 3.05) is 0 Å². The number of unbranched alkanes of at least 4 members (excludes halogenated alkanes) is 3. The van der Waals surface area contributed by atoms with Crippen molar-refractivity contribution >= 4 is 5.97 Å². The van der Waals surface area contributed by atoms with Crippen LogP contribution >= 0.6 is 0 Å². The summed E-state index contributed by atoms with van der Waals surface area (Å²) in [7, 11) is 0. The molecule has 1 unspecified atom stereocenters. The van der Waals surface area contributed by atoms with Gasteiger partial charge in [-0.2, -0.15) is 0 Å². The molecule has 0 saturated heterocycles. The second-order valence-electron chi connectivity index (χ2n) is 7.13. The van der Waals surface area contributed by atoms with Crippen LogP contribution in [0, 0.1) is 11.3 Å². The lowest BCUT2D eigenvalue weighted by molar-refractivity contribution is -0.145. The maximum atomic E-state index is 10.0. The van der Waals surface area contributed by atoms with E-state index in [0.29, 0.717) is 5.92 Å². The van der Waals surface area contributed by atoms with E-state index in [1.54, 1.807) is 20.8 Å². The van der Waals surface area contributed by atoms with Gasteiger partial charge in [-0.3, -0.25) is 4.79 Å². The van der Waals surface area contributed by atoms with Crippen LogP contribution in [0.2, 0.25) is 0 Å². The highest BCUT2D eigenvalue weighted by Crippen LogP contribution is 2.19. The standard InChI is InChI=1S/C11H25N.C5H10O2/c1-5-6-7-8-9-10(2)11(3,4)12;1-5(2,3)4(6)7/h10H,5-9,12H2,1-4H3;1-3H3,(H,6,7). The van der Waals surface area contributed by atoms with Gasteiger partial charge in [0.15, 0.2) is 0 Å². The summed E-state index contributed by atoms with van der Waals surface area (Å²) < 4.78 is 0. The monoisotopic (exact) mass is 273 g/mol. The summed E-state index contributed by atoms with van der Waals surface area (Å²) in [6.07, 6.45) is 6.69. The van der Waals surface area contributed by atoms with E-state index in [1.165, 1.54) is 32.1 Å². The van der Waals surface area contributed by atoms with Gasteiger partial charge in [0.25, 0.3) is 0 Å². The zero-order valence-electron chi connectivity index (χ0n) is 14.0. The van der Waals surface area contributed by atoms with E-state index in [0.717, 1.165) is 0 Å². The van der Waals surface area contributed by atoms with Gasteiger partial charge in [-0.1, -0.05) is 39.5 Å². The number of hydrogen-bond acceptors (Lipinski definition) is 2. The van der Waals surface area contributed by atoms with Gasteiger partial charge >= 0.3 is 5.97 Å². The summed E-state index contributed by atoms with van der Waals surface area (Å²) in [6, 6.07) is 0. The molecule has 0 spiro atoms. The first-order valence-corrected chi connectivity index (χ1v) is 7.45. The molecule has 0 aliphatic carbocycles. The van der Waals surface area contributed by atoms with Crippen LogP contribution in [0.15, 0.2) is 0 Å². The average Bonchev–Trinajstić information content (AvgIpc) is 2.22. The van der Waals surface area contributed by atoms with Crippen LogP contribution in [0.1, 0.15) is 80.6 Å². The quantitative estimate of drug-likeness (QED) is 0.703. The van der Waals surface area contributed by atoms with Crippen molar-refractivity contribution in [2.24, 2.45) is 17.1 Å². The molecule has 0 aromatic carbocycles. The molecular formula is C16H35NO2. The summed E-state index contributed by atoms with van der Waals surface area (Å²) in [5.74, 6) is -0.109. The van der Waals surface area contributed by atoms with Crippen molar-refractivity contribution < 1.29 is 9.90 Å². The predicted molar refractivity (Wildman–Crippen MR) is 83.3 cm³/mol. The highest BCUT2D eigenvalue weighted by molar-refractivity contribution is 5.72. The van der Waals surface area contributed by atoms with Crippen molar-refractivity contribution in [3.05, 3.63) is 0 Å². The Kier molecular flexibility index (Phi) is 10.2. The lowest BCUT2D eigenvalue weighted by atomic mass is 9.86. The van der Waals surface area contributed by atoms with Crippen LogP contribution in [-0.2, 0) is 4.79 Å². The highest BCUT2D eigenvalue weighted by Gasteiger charge is 2.19. The number of nitrogens with two attached hydrogens (primary N) is 1. The zero-order chi connectivity index (χ0) is 15.7. The molecule has 0 aromatic rings. The highest BCUT2D eigenvalue weighted by atomic mass is 16.4. The van der Waals surface area contributed by atoms with Gasteiger partial charge < -0.3 is 10.8 Å². The summed E-state index contributed by atoms with van der Waals surface area (Å²) in [4.78, 5) is 10.0. The molecule has 3 heteroatoms. The summed E-state index contributed by atoms with van der Waals surface area (Å²) in [5.41, 5.74) is 5.42. The van der Waals surface area contributed by atoms with E-state index in [-0.39, 0.29) is 5.54 Å². The minimum Gasteiger partial charge on any atom is -0.481 e.